The minimum absolute atomic E-state index is 0.00886. The third kappa shape index (κ3) is 3.27. The van der Waals surface area contributed by atoms with Crippen molar-refractivity contribution in [2.24, 2.45) is 0 Å². The summed E-state index contributed by atoms with van der Waals surface area (Å²) in [7, 11) is 0. The van der Waals surface area contributed by atoms with Crippen molar-refractivity contribution in [3.05, 3.63) is 145 Å². The van der Waals surface area contributed by atoms with Crippen molar-refractivity contribution in [3.63, 3.8) is 0 Å². The summed E-state index contributed by atoms with van der Waals surface area (Å²) in [6.45, 7) is 0. The van der Waals surface area contributed by atoms with E-state index >= 15 is 0 Å². The normalized spacial score (nSPS) is 16.1. The average Bonchev–Trinajstić information content (AvgIpc) is 3.81. The van der Waals surface area contributed by atoms with Gasteiger partial charge in [-0.15, -0.1) is 0 Å². The molecule has 9 aromatic rings. The molecule has 0 amide bonds. The average molecular weight is 550 g/mol. The number of hydrogen-bond donors (Lipinski definition) is 0. The smallest absolute Gasteiger partial charge is 0.178 e. The Bertz CT molecular complexity index is 3070. The van der Waals surface area contributed by atoms with E-state index in [0.717, 1.165) is 16.5 Å². The summed E-state index contributed by atoms with van der Waals surface area (Å²) in [5.41, 5.74) is 2.25. The molecule has 0 radical (unpaired) electrons. The van der Waals surface area contributed by atoms with Crippen molar-refractivity contribution < 1.29 is 26.7 Å². The van der Waals surface area contributed by atoms with E-state index in [-0.39, 0.29) is 43.8 Å². The molecular weight excluding hydrogens is 512 g/mol. The van der Waals surface area contributed by atoms with E-state index < -0.39 is 84.1 Å². The second kappa shape index (κ2) is 8.95. The van der Waals surface area contributed by atoms with Crippen LogP contribution in [0.5, 0.6) is 0 Å². The summed E-state index contributed by atoms with van der Waals surface area (Å²) >= 11 is 0. The number of hydrogen-bond acceptors (Lipinski definition) is 2. The Morgan fingerprint density at radius 3 is 1.74 bits per heavy atom. The summed E-state index contributed by atoms with van der Waals surface area (Å²) in [6.07, 6.45) is 1.64. The Kier molecular flexibility index (Phi) is 2.95. The second-order valence-corrected chi connectivity index (χ2v) is 9.87. The topological polar surface area (TPSA) is 26.3 Å². The SMILES string of the molecule is [2H]c1c([2H])c([2H])c(-c2c3c([2H])c([2H])c([2H])c([2H])c3c(-c3cccc4c3oc3c4ccc4c(-c5ccccc5)coc43)c3c([2H])c([2H])c([2H])c([2H])c23)c([2H])c1[2H]. The van der Waals surface area contributed by atoms with Gasteiger partial charge in [0, 0.05) is 32.8 Å². The lowest BCUT2D eigenvalue weighted by Crippen LogP contribution is -1.90. The molecule has 0 aliphatic heterocycles. The standard InChI is InChI=1S/C40H24O2/c1-3-12-25(13-4-1)35-24-41-39-33(35)23-22-32-31-20-11-21-34(38(31)42-40(32)39)37-29-18-9-7-16-27(29)36(26-14-5-2-6-15-26)28-17-8-10-19-30(28)37/h1-24H/i2D,5D,6D,7D,8D,9D,10D,14D,15D,16D,17D,18D,19D. The molecule has 0 unspecified atom stereocenters. The molecule has 0 bridgehead atoms. The van der Waals surface area contributed by atoms with Gasteiger partial charge in [0.05, 0.1) is 24.1 Å². The van der Waals surface area contributed by atoms with Crippen LogP contribution in [0.4, 0.5) is 0 Å². The lowest BCUT2D eigenvalue weighted by atomic mass is 9.85. The van der Waals surface area contributed by atoms with Gasteiger partial charge in [0.1, 0.15) is 5.58 Å². The summed E-state index contributed by atoms with van der Waals surface area (Å²) < 4.78 is 127. The van der Waals surface area contributed by atoms with Crippen molar-refractivity contribution >= 4 is 54.5 Å². The van der Waals surface area contributed by atoms with E-state index in [0.29, 0.717) is 21.9 Å². The van der Waals surface area contributed by atoms with Crippen LogP contribution in [0.2, 0.25) is 0 Å². The van der Waals surface area contributed by atoms with Crippen LogP contribution in [0.3, 0.4) is 0 Å². The molecular formula is C40H24O2. The van der Waals surface area contributed by atoms with E-state index in [9.17, 15) is 5.48 Å². The highest BCUT2D eigenvalue weighted by Crippen LogP contribution is 2.47. The van der Waals surface area contributed by atoms with Gasteiger partial charge >= 0.3 is 0 Å². The van der Waals surface area contributed by atoms with Crippen molar-refractivity contribution in [2.45, 2.75) is 0 Å². The molecule has 0 aliphatic carbocycles. The largest absolute Gasteiger partial charge is 0.460 e. The first-order chi connectivity index (χ1) is 26.3. The van der Waals surface area contributed by atoms with E-state index in [2.05, 4.69) is 0 Å². The minimum Gasteiger partial charge on any atom is -0.460 e. The summed E-state index contributed by atoms with van der Waals surface area (Å²) in [5, 5.41) is 1.08. The van der Waals surface area contributed by atoms with Crippen LogP contribution < -0.4 is 0 Å². The molecule has 0 spiro atoms. The number of rotatable bonds is 3. The molecule has 2 heteroatoms. The van der Waals surface area contributed by atoms with Crippen molar-refractivity contribution in [3.8, 4) is 33.4 Å². The lowest BCUT2D eigenvalue weighted by molar-refractivity contribution is 0.601. The minimum atomic E-state index is -0.727. The monoisotopic (exact) mass is 549 g/mol. The van der Waals surface area contributed by atoms with E-state index in [1.54, 1.807) is 24.5 Å². The van der Waals surface area contributed by atoms with Gasteiger partial charge in [-0.3, -0.25) is 0 Å². The molecule has 0 atom stereocenters. The zero-order valence-corrected chi connectivity index (χ0v) is 21.7. The van der Waals surface area contributed by atoms with Crippen molar-refractivity contribution in [1.29, 1.82) is 0 Å². The van der Waals surface area contributed by atoms with Gasteiger partial charge in [-0.05, 0) is 50.4 Å². The fraction of sp³-hybridized carbons (Fsp3) is 0. The van der Waals surface area contributed by atoms with Gasteiger partial charge in [-0.1, -0.05) is 127 Å². The molecule has 7 aromatic carbocycles. The quantitative estimate of drug-likeness (QED) is 0.205. The molecule has 0 saturated carbocycles. The van der Waals surface area contributed by atoms with Crippen LogP contribution in [0.15, 0.2) is 154 Å². The predicted octanol–water partition coefficient (Wildman–Crippen LogP) is 11.6. The Morgan fingerprint density at radius 1 is 0.405 bits per heavy atom. The fourth-order valence-corrected chi connectivity index (χ4v) is 5.91. The molecule has 0 aliphatic rings. The van der Waals surface area contributed by atoms with E-state index in [1.807, 2.05) is 42.5 Å². The summed E-state index contributed by atoms with van der Waals surface area (Å²) in [4.78, 5) is 0. The highest BCUT2D eigenvalue weighted by molar-refractivity contribution is 6.25. The highest BCUT2D eigenvalue weighted by atomic mass is 16.4. The van der Waals surface area contributed by atoms with Crippen LogP contribution >= 0.6 is 0 Å². The number of fused-ring (bicyclic) bond motifs is 7. The fourth-order valence-electron chi connectivity index (χ4n) is 5.91. The maximum absolute atomic E-state index is 9.28. The highest BCUT2D eigenvalue weighted by Gasteiger charge is 2.22. The Morgan fingerprint density at radius 2 is 1.02 bits per heavy atom. The molecule has 0 N–H and O–H groups in total. The van der Waals surface area contributed by atoms with Gasteiger partial charge in [-0.2, -0.15) is 0 Å². The molecule has 2 heterocycles. The van der Waals surface area contributed by atoms with Crippen LogP contribution in [-0.4, -0.2) is 0 Å². The van der Waals surface area contributed by atoms with E-state index in [1.165, 1.54) is 0 Å². The summed E-state index contributed by atoms with van der Waals surface area (Å²) in [5.74, 6) is 0. The third-order valence-electron chi connectivity index (χ3n) is 7.69. The van der Waals surface area contributed by atoms with Crippen LogP contribution in [-0.2, 0) is 0 Å². The number of benzene rings is 7. The summed E-state index contributed by atoms with van der Waals surface area (Å²) in [6, 6.07) is 9.95. The second-order valence-electron chi connectivity index (χ2n) is 9.87. The van der Waals surface area contributed by atoms with Crippen LogP contribution in [0.1, 0.15) is 17.8 Å². The molecule has 0 fully saturated rings. The van der Waals surface area contributed by atoms with Gasteiger partial charge < -0.3 is 8.83 Å². The molecule has 2 aromatic heterocycles. The van der Waals surface area contributed by atoms with Gasteiger partial charge in [0.25, 0.3) is 0 Å². The lowest BCUT2D eigenvalue weighted by Gasteiger charge is -2.17. The maximum Gasteiger partial charge on any atom is 0.178 e. The van der Waals surface area contributed by atoms with Crippen molar-refractivity contribution in [1.82, 2.24) is 0 Å². The molecule has 196 valence electrons. The first kappa shape index (κ1) is 13.8. The molecule has 42 heavy (non-hydrogen) atoms. The van der Waals surface area contributed by atoms with Crippen molar-refractivity contribution in [2.75, 3.05) is 0 Å². The van der Waals surface area contributed by atoms with Gasteiger partial charge in [0.2, 0.25) is 0 Å². The molecule has 9 rings (SSSR count). The first-order valence-corrected chi connectivity index (χ1v) is 13.2. The molecule has 2 nitrogen and oxygen atoms in total. The van der Waals surface area contributed by atoms with Crippen LogP contribution in [0.25, 0.3) is 87.8 Å². The number of para-hydroxylation sites is 1. The zero-order valence-electron chi connectivity index (χ0n) is 34.7. The number of furan rings is 2. The first-order valence-electron chi connectivity index (χ1n) is 19.7. The van der Waals surface area contributed by atoms with Gasteiger partial charge in [-0.25, -0.2) is 0 Å². The molecule has 0 saturated heterocycles. The third-order valence-corrected chi connectivity index (χ3v) is 7.69. The zero-order chi connectivity index (χ0) is 38.9. The van der Waals surface area contributed by atoms with E-state index in [4.69, 9.17) is 21.2 Å². The maximum atomic E-state index is 9.28. The Hall–Kier alpha value is -5.60. The predicted molar refractivity (Wildman–Crippen MR) is 175 cm³/mol. The van der Waals surface area contributed by atoms with Crippen LogP contribution in [0, 0.1) is 0 Å². The Labute approximate surface area is 260 Å². The van der Waals surface area contributed by atoms with Gasteiger partial charge in [0.15, 0.2) is 11.2 Å². The Balaban J connectivity index is 1.53.